The third-order valence-corrected chi connectivity index (χ3v) is 6.14. The molecule has 1 heterocycles. The Bertz CT molecular complexity index is 1280. The Hall–Kier alpha value is -3.68. The highest BCUT2D eigenvalue weighted by Crippen LogP contribution is 2.46. The lowest BCUT2D eigenvalue weighted by Gasteiger charge is -2.26. The summed E-state index contributed by atoms with van der Waals surface area (Å²) in [5, 5.41) is 12.3. The molecule has 1 atom stereocenters. The van der Waals surface area contributed by atoms with Crippen LogP contribution >= 0.6 is 11.6 Å². The highest BCUT2D eigenvalue weighted by Gasteiger charge is 2.48. The molecule has 182 valence electrons. The summed E-state index contributed by atoms with van der Waals surface area (Å²) >= 11 is 6.05. The molecule has 3 aromatic carbocycles. The molecule has 0 fully saturated rings. The van der Waals surface area contributed by atoms with Gasteiger partial charge in [0, 0.05) is 22.6 Å². The molecule has 0 saturated carbocycles. The van der Waals surface area contributed by atoms with E-state index >= 15 is 0 Å². The minimum Gasteiger partial charge on any atom is -0.493 e. The Morgan fingerprint density at radius 3 is 1.97 bits per heavy atom. The fraction of sp³-hybridized carbons (Fsp3) is 0.222. The fourth-order valence-corrected chi connectivity index (χ4v) is 4.26. The van der Waals surface area contributed by atoms with Crippen molar-refractivity contribution in [2.45, 2.75) is 12.2 Å². The lowest BCUT2D eigenvalue weighted by molar-refractivity contribution is -0.185. The Kier molecular flexibility index (Phi) is 6.91. The third kappa shape index (κ3) is 4.52. The molecule has 0 spiro atoms. The second-order valence-electron chi connectivity index (χ2n) is 7.83. The first kappa shape index (κ1) is 24.4. The number of methoxy groups -OCH3 is 4. The van der Waals surface area contributed by atoms with E-state index in [9.17, 15) is 9.90 Å². The monoisotopic (exact) mass is 496 g/mol. The van der Waals surface area contributed by atoms with Crippen molar-refractivity contribution in [3.8, 4) is 23.0 Å². The van der Waals surface area contributed by atoms with Gasteiger partial charge < -0.3 is 28.8 Å². The van der Waals surface area contributed by atoms with Crippen molar-refractivity contribution in [2.75, 3.05) is 28.4 Å². The van der Waals surface area contributed by atoms with E-state index in [2.05, 4.69) is 0 Å². The van der Waals surface area contributed by atoms with Gasteiger partial charge in [0.05, 0.1) is 34.0 Å². The van der Waals surface area contributed by atoms with Crippen molar-refractivity contribution < 1.29 is 33.6 Å². The summed E-state index contributed by atoms with van der Waals surface area (Å²) in [6, 6.07) is 17.0. The number of carbonyl (C=O) groups is 1. The second kappa shape index (κ2) is 9.90. The van der Waals surface area contributed by atoms with Crippen molar-refractivity contribution in [1.82, 2.24) is 0 Å². The van der Waals surface area contributed by atoms with Gasteiger partial charge in [-0.2, -0.15) is 0 Å². The van der Waals surface area contributed by atoms with Gasteiger partial charge in [-0.15, -0.1) is 0 Å². The summed E-state index contributed by atoms with van der Waals surface area (Å²) in [5.41, 5.74) is 2.28. The molecular formula is C27H25ClO7. The minimum atomic E-state index is -2.00. The van der Waals surface area contributed by atoms with Crippen molar-refractivity contribution in [3.05, 3.63) is 87.9 Å². The molecule has 0 bridgehead atoms. The van der Waals surface area contributed by atoms with Crippen LogP contribution in [-0.2, 0) is 21.7 Å². The molecule has 35 heavy (non-hydrogen) atoms. The maximum atomic E-state index is 13.2. The van der Waals surface area contributed by atoms with Crippen LogP contribution < -0.4 is 18.9 Å². The van der Waals surface area contributed by atoms with Gasteiger partial charge in [0.25, 0.3) is 5.79 Å². The molecule has 0 aliphatic carbocycles. The average molecular weight is 497 g/mol. The van der Waals surface area contributed by atoms with Crippen LogP contribution in [0.4, 0.5) is 0 Å². The van der Waals surface area contributed by atoms with Gasteiger partial charge in [0.15, 0.2) is 23.0 Å². The van der Waals surface area contributed by atoms with Crippen molar-refractivity contribution in [3.63, 3.8) is 0 Å². The minimum absolute atomic E-state index is 0.189. The fourth-order valence-electron chi connectivity index (χ4n) is 4.14. The number of halogens is 1. The van der Waals surface area contributed by atoms with Gasteiger partial charge >= 0.3 is 5.97 Å². The summed E-state index contributed by atoms with van der Waals surface area (Å²) in [7, 11) is 6.14. The Morgan fingerprint density at radius 2 is 1.37 bits per heavy atom. The first-order valence-corrected chi connectivity index (χ1v) is 11.1. The zero-order valence-corrected chi connectivity index (χ0v) is 20.5. The number of esters is 1. The maximum Gasteiger partial charge on any atom is 0.342 e. The van der Waals surface area contributed by atoms with Crippen LogP contribution in [0.15, 0.2) is 66.2 Å². The van der Waals surface area contributed by atoms with Crippen molar-refractivity contribution >= 4 is 23.1 Å². The predicted molar refractivity (Wildman–Crippen MR) is 131 cm³/mol. The molecule has 3 aromatic rings. The molecule has 1 unspecified atom stereocenters. The van der Waals surface area contributed by atoms with Crippen LogP contribution in [0.2, 0.25) is 5.02 Å². The van der Waals surface area contributed by atoms with E-state index in [1.165, 1.54) is 14.2 Å². The van der Waals surface area contributed by atoms with Gasteiger partial charge in [0.2, 0.25) is 0 Å². The molecule has 0 amide bonds. The first-order valence-electron chi connectivity index (χ1n) is 10.7. The van der Waals surface area contributed by atoms with Crippen LogP contribution in [0.1, 0.15) is 16.7 Å². The third-order valence-electron chi connectivity index (χ3n) is 5.89. The lowest BCUT2D eigenvalue weighted by atomic mass is 9.88. The standard InChI is InChI=1S/C27H25ClO7/c1-31-21-11-5-16(14-23(21)33-3)13-20-25(17-6-12-22(32-2)24(15-17)34-4)26(29)35-27(20,30)18-7-9-19(28)10-8-18/h5-12,14-15,30H,13H2,1-4H3. The Labute approximate surface area is 208 Å². The number of rotatable bonds is 8. The summed E-state index contributed by atoms with van der Waals surface area (Å²) in [4.78, 5) is 13.2. The van der Waals surface area contributed by atoms with Gasteiger partial charge in [-0.3, -0.25) is 0 Å². The van der Waals surface area contributed by atoms with E-state index in [4.69, 9.17) is 35.3 Å². The number of benzene rings is 3. The number of hydrogen-bond donors (Lipinski definition) is 1. The molecule has 1 aliphatic rings. The summed E-state index contributed by atoms with van der Waals surface area (Å²) in [6.07, 6.45) is 0.189. The number of ether oxygens (including phenoxy) is 5. The average Bonchev–Trinajstić information content (AvgIpc) is 3.13. The number of hydrogen-bond acceptors (Lipinski definition) is 7. The topological polar surface area (TPSA) is 83.5 Å². The van der Waals surface area contributed by atoms with Crippen molar-refractivity contribution in [2.24, 2.45) is 0 Å². The zero-order valence-electron chi connectivity index (χ0n) is 19.8. The molecule has 0 saturated heterocycles. The van der Waals surface area contributed by atoms with E-state index in [0.29, 0.717) is 44.7 Å². The van der Waals surface area contributed by atoms with Crippen LogP contribution in [0.25, 0.3) is 5.57 Å². The normalized spacial score (nSPS) is 17.3. The summed E-state index contributed by atoms with van der Waals surface area (Å²) in [6.45, 7) is 0. The highest BCUT2D eigenvalue weighted by atomic mass is 35.5. The van der Waals surface area contributed by atoms with Gasteiger partial charge in [-0.1, -0.05) is 35.9 Å². The van der Waals surface area contributed by atoms with Crippen LogP contribution in [0.5, 0.6) is 23.0 Å². The number of cyclic esters (lactones) is 1. The zero-order chi connectivity index (χ0) is 25.2. The molecule has 0 radical (unpaired) electrons. The van der Waals surface area contributed by atoms with Gasteiger partial charge in [-0.25, -0.2) is 4.79 Å². The Morgan fingerprint density at radius 1 is 0.800 bits per heavy atom. The van der Waals surface area contributed by atoms with E-state index < -0.39 is 11.8 Å². The largest absolute Gasteiger partial charge is 0.493 e. The van der Waals surface area contributed by atoms with Crippen LogP contribution in [-0.4, -0.2) is 39.5 Å². The van der Waals surface area contributed by atoms with Gasteiger partial charge in [-0.05, 0) is 47.5 Å². The van der Waals surface area contributed by atoms with E-state index in [-0.39, 0.29) is 12.0 Å². The second-order valence-corrected chi connectivity index (χ2v) is 8.27. The molecule has 1 N–H and O–H groups in total. The SMILES string of the molecule is COc1ccc(CC2=C(c3ccc(OC)c(OC)c3)C(=O)OC2(O)c2ccc(Cl)cc2)cc1OC. The summed E-state index contributed by atoms with van der Waals surface area (Å²) in [5.74, 6) is -0.617. The molecule has 8 heteroatoms. The molecule has 7 nitrogen and oxygen atoms in total. The summed E-state index contributed by atoms with van der Waals surface area (Å²) < 4.78 is 27.1. The van der Waals surface area contributed by atoms with Gasteiger partial charge in [0.1, 0.15) is 0 Å². The molecule has 4 rings (SSSR count). The van der Waals surface area contributed by atoms with Crippen LogP contribution in [0, 0.1) is 0 Å². The lowest BCUT2D eigenvalue weighted by Crippen LogP contribution is -2.29. The maximum absolute atomic E-state index is 13.2. The number of carbonyl (C=O) groups excluding carboxylic acids is 1. The molecular weight excluding hydrogens is 472 g/mol. The number of aliphatic hydroxyl groups is 1. The first-order chi connectivity index (χ1) is 16.8. The van der Waals surface area contributed by atoms with E-state index in [1.807, 2.05) is 6.07 Å². The Balaban J connectivity index is 1.91. The van der Waals surface area contributed by atoms with Crippen molar-refractivity contribution in [1.29, 1.82) is 0 Å². The van der Waals surface area contributed by atoms with Crippen LogP contribution in [0.3, 0.4) is 0 Å². The molecule has 0 aromatic heterocycles. The highest BCUT2D eigenvalue weighted by molar-refractivity contribution is 6.30. The van der Waals surface area contributed by atoms with E-state index in [1.54, 1.807) is 68.8 Å². The smallest absolute Gasteiger partial charge is 0.342 e. The quantitative estimate of drug-likeness (QED) is 0.449. The predicted octanol–water partition coefficient (Wildman–Crippen LogP) is 4.77. The van der Waals surface area contributed by atoms with E-state index in [0.717, 1.165) is 5.56 Å². The molecule has 1 aliphatic heterocycles.